The van der Waals surface area contributed by atoms with Gasteiger partial charge in [0.15, 0.2) is 10.6 Å². The molecule has 0 aliphatic rings. The van der Waals surface area contributed by atoms with E-state index in [1.165, 1.54) is 6.33 Å². The van der Waals surface area contributed by atoms with E-state index in [4.69, 9.17) is 12.2 Å². The minimum absolute atomic E-state index is 0.0590. The van der Waals surface area contributed by atoms with Crippen LogP contribution in [0.1, 0.15) is 5.56 Å². The quantitative estimate of drug-likeness (QED) is 0.510. The van der Waals surface area contributed by atoms with Crippen molar-refractivity contribution in [1.82, 2.24) is 29.5 Å². The monoisotopic (exact) mass is 391 g/mol. The van der Waals surface area contributed by atoms with Crippen LogP contribution in [0.15, 0.2) is 61.2 Å². The number of rotatable bonds is 5. The molecule has 0 atom stereocenters. The molecule has 2 aromatic heterocycles. The van der Waals surface area contributed by atoms with Gasteiger partial charge in [-0.25, -0.2) is 9.67 Å². The van der Waals surface area contributed by atoms with E-state index in [2.05, 4.69) is 25.6 Å². The van der Waals surface area contributed by atoms with Gasteiger partial charge in [0.25, 0.3) is 0 Å². The van der Waals surface area contributed by atoms with E-state index in [-0.39, 0.29) is 12.5 Å². The lowest BCUT2D eigenvalue weighted by Gasteiger charge is -2.09. The summed E-state index contributed by atoms with van der Waals surface area (Å²) in [5.41, 5.74) is 3.54. The van der Waals surface area contributed by atoms with Gasteiger partial charge in [-0.3, -0.25) is 14.5 Å². The molecule has 0 saturated heterocycles. The summed E-state index contributed by atoms with van der Waals surface area (Å²) in [6.45, 7) is 2.06. The van der Waals surface area contributed by atoms with Crippen LogP contribution in [0.25, 0.3) is 17.1 Å². The molecule has 9 heteroatoms. The molecular weight excluding hydrogens is 374 g/mol. The molecule has 4 aromatic rings. The first-order chi connectivity index (χ1) is 13.6. The Morgan fingerprint density at radius 3 is 2.75 bits per heavy atom. The highest BCUT2D eigenvalue weighted by Crippen LogP contribution is 2.19. The highest BCUT2D eigenvalue weighted by atomic mass is 32.1. The van der Waals surface area contributed by atoms with Gasteiger partial charge in [-0.05, 0) is 49.5 Å². The Balaban J connectivity index is 1.50. The molecule has 8 nitrogen and oxygen atoms in total. The van der Waals surface area contributed by atoms with Crippen molar-refractivity contribution in [3.05, 3.63) is 71.5 Å². The van der Waals surface area contributed by atoms with Gasteiger partial charge < -0.3 is 5.32 Å². The van der Waals surface area contributed by atoms with Crippen LogP contribution >= 0.6 is 12.2 Å². The van der Waals surface area contributed by atoms with Crippen LogP contribution in [0, 0.1) is 11.7 Å². The fourth-order valence-electron chi connectivity index (χ4n) is 2.85. The molecule has 2 N–H and O–H groups in total. The molecule has 2 aromatic carbocycles. The number of hydrogen-bond donors (Lipinski definition) is 2. The summed E-state index contributed by atoms with van der Waals surface area (Å²) in [6, 6.07) is 15.2. The van der Waals surface area contributed by atoms with Gasteiger partial charge in [0.1, 0.15) is 19.2 Å². The van der Waals surface area contributed by atoms with Crippen LogP contribution in [-0.4, -0.2) is 35.4 Å². The minimum atomic E-state index is -0.195. The van der Waals surface area contributed by atoms with Gasteiger partial charge in [0.05, 0.1) is 5.69 Å². The summed E-state index contributed by atoms with van der Waals surface area (Å²) in [5, 5.41) is 14.0. The number of benzene rings is 2. The smallest absolute Gasteiger partial charge is 0.244 e. The third-order valence-corrected chi connectivity index (χ3v) is 4.48. The van der Waals surface area contributed by atoms with E-state index in [9.17, 15) is 4.79 Å². The Morgan fingerprint density at radius 1 is 1.21 bits per heavy atom. The van der Waals surface area contributed by atoms with Crippen LogP contribution in [-0.2, 0) is 11.3 Å². The standard InChI is InChI=1S/C19H17N7OS/c1-13-3-2-4-14(9-13)18-23-24-19(28)25(18)10-17(27)22-15-5-7-16(8-6-15)26-12-20-11-21-26/h2-9,11-12H,10H2,1H3,(H,22,27)(H,24,28). The average Bonchev–Trinajstić information content (AvgIpc) is 3.33. The van der Waals surface area contributed by atoms with Gasteiger partial charge in [-0.15, -0.1) is 0 Å². The molecule has 0 radical (unpaired) electrons. The number of carbonyl (C=O) groups is 1. The predicted molar refractivity (Wildman–Crippen MR) is 108 cm³/mol. The molecule has 28 heavy (non-hydrogen) atoms. The number of aryl methyl sites for hydroxylation is 1. The molecule has 2 heterocycles. The first-order valence-electron chi connectivity index (χ1n) is 8.57. The van der Waals surface area contributed by atoms with Gasteiger partial charge in [-0.2, -0.15) is 10.2 Å². The van der Waals surface area contributed by atoms with Crippen LogP contribution in [0.2, 0.25) is 0 Å². The maximum Gasteiger partial charge on any atom is 0.244 e. The van der Waals surface area contributed by atoms with E-state index in [0.717, 1.165) is 16.8 Å². The molecule has 0 spiro atoms. The second kappa shape index (κ2) is 7.57. The lowest BCUT2D eigenvalue weighted by atomic mass is 10.1. The summed E-state index contributed by atoms with van der Waals surface area (Å²) in [5.74, 6) is 0.435. The number of aromatic nitrogens is 6. The van der Waals surface area contributed by atoms with Crippen molar-refractivity contribution < 1.29 is 4.79 Å². The molecule has 0 aliphatic heterocycles. The first-order valence-corrected chi connectivity index (χ1v) is 8.98. The lowest BCUT2D eigenvalue weighted by molar-refractivity contribution is -0.116. The van der Waals surface area contributed by atoms with Crippen molar-refractivity contribution in [1.29, 1.82) is 0 Å². The number of H-pyrrole nitrogens is 1. The SMILES string of the molecule is Cc1cccc(-c2n[nH]c(=S)n2CC(=O)Nc2ccc(-n3cncn3)cc2)c1. The number of aromatic amines is 1. The third kappa shape index (κ3) is 3.74. The van der Waals surface area contributed by atoms with Crippen molar-refractivity contribution in [2.75, 3.05) is 5.32 Å². The van der Waals surface area contributed by atoms with Crippen molar-refractivity contribution >= 4 is 23.8 Å². The molecular formula is C19H17N7OS. The van der Waals surface area contributed by atoms with E-state index < -0.39 is 0 Å². The second-order valence-electron chi connectivity index (χ2n) is 6.24. The number of nitrogens with one attached hydrogen (secondary N) is 2. The Hall–Kier alpha value is -3.59. The fourth-order valence-corrected chi connectivity index (χ4v) is 3.05. The number of hydrogen-bond acceptors (Lipinski definition) is 5. The van der Waals surface area contributed by atoms with Crippen molar-refractivity contribution in [3.8, 4) is 17.1 Å². The number of nitrogens with zero attached hydrogens (tertiary/aromatic N) is 5. The summed E-state index contributed by atoms with van der Waals surface area (Å²) in [7, 11) is 0. The summed E-state index contributed by atoms with van der Waals surface area (Å²) < 4.78 is 3.72. The van der Waals surface area contributed by atoms with Crippen molar-refractivity contribution in [2.45, 2.75) is 13.5 Å². The van der Waals surface area contributed by atoms with E-state index in [0.29, 0.717) is 16.3 Å². The van der Waals surface area contributed by atoms with E-state index in [1.807, 2.05) is 55.5 Å². The first kappa shape index (κ1) is 17.8. The minimum Gasteiger partial charge on any atom is -0.325 e. The highest BCUT2D eigenvalue weighted by molar-refractivity contribution is 7.71. The largest absolute Gasteiger partial charge is 0.325 e. The molecule has 140 valence electrons. The normalized spacial score (nSPS) is 10.8. The zero-order chi connectivity index (χ0) is 19.5. The summed E-state index contributed by atoms with van der Waals surface area (Å²) in [4.78, 5) is 16.5. The summed E-state index contributed by atoms with van der Waals surface area (Å²) >= 11 is 5.30. The fraction of sp³-hybridized carbons (Fsp3) is 0.105. The van der Waals surface area contributed by atoms with E-state index in [1.54, 1.807) is 15.6 Å². The Labute approximate surface area is 165 Å². The molecule has 1 amide bonds. The Bertz CT molecular complexity index is 1160. The molecule has 4 rings (SSSR count). The van der Waals surface area contributed by atoms with Crippen LogP contribution < -0.4 is 5.32 Å². The highest BCUT2D eigenvalue weighted by Gasteiger charge is 2.13. The second-order valence-corrected chi connectivity index (χ2v) is 6.63. The predicted octanol–water partition coefficient (Wildman–Crippen LogP) is 3.14. The Kier molecular flexibility index (Phi) is 4.81. The maximum absolute atomic E-state index is 12.5. The molecule has 0 unspecified atom stereocenters. The zero-order valence-electron chi connectivity index (χ0n) is 15.0. The number of anilines is 1. The van der Waals surface area contributed by atoms with Gasteiger partial charge in [0.2, 0.25) is 5.91 Å². The zero-order valence-corrected chi connectivity index (χ0v) is 15.8. The van der Waals surface area contributed by atoms with Crippen LogP contribution in [0.5, 0.6) is 0 Å². The van der Waals surface area contributed by atoms with Crippen molar-refractivity contribution in [2.24, 2.45) is 0 Å². The summed E-state index contributed by atoms with van der Waals surface area (Å²) in [6.07, 6.45) is 3.08. The molecule has 0 saturated carbocycles. The topological polar surface area (TPSA) is 93.4 Å². The molecule has 0 fully saturated rings. The van der Waals surface area contributed by atoms with Gasteiger partial charge >= 0.3 is 0 Å². The van der Waals surface area contributed by atoms with Crippen molar-refractivity contribution in [3.63, 3.8) is 0 Å². The van der Waals surface area contributed by atoms with Gasteiger partial charge in [0, 0.05) is 11.3 Å². The molecule has 0 aliphatic carbocycles. The van der Waals surface area contributed by atoms with Gasteiger partial charge in [-0.1, -0.05) is 23.8 Å². The average molecular weight is 391 g/mol. The third-order valence-electron chi connectivity index (χ3n) is 4.17. The van der Waals surface area contributed by atoms with E-state index >= 15 is 0 Å². The Morgan fingerprint density at radius 2 is 2.04 bits per heavy atom. The maximum atomic E-state index is 12.5. The number of amides is 1. The van der Waals surface area contributed by atoms with Crippen LogP contribution in [0.4, 0.5) is 5.69 Å². The number of carbonyl (C=O) groups excluding carboxylic acids is 1. The molecule has 0 bridgehead atoms. The lowest BCUT2D eigenvalue weighted by Crippen LogP contribution is -2.19. The van der Waals surface area contributed by atoms with Crippen LogP contribution in [0.3, 0.4) is 0 Å².